The summed E-state index contributed by atoms with van der Waals surface area (Å²) in [5.74, 6) is 1.52. The van der Waals surface area contributed by atoms with Gasteiger partial charge in [0.05, 0.1) is 6.54 Å². The molecule has 0 saturated heterocycles. The Balaban J connectivity index is 1.26. The molecule has 0 bridgehead atoms. The van der Waals surface area contributed by atoms with Crippen molar-refractivity contribution in [2.24, 2.45) is 0 Å². The summed E-state index contributed by atoms with van der Waals surface area (Å²) in [6, 6.07) is 14.9. The maximum absolute atomic E-state index is 12.9. The molecule has 2 aromatic carbocycles. The molecule has 6 nitrogen and oxygen atoms in total. The van der Waals surface area contributed by atoms with Gasteiger partial charge in [0.1, 0.15) is 18.2 Å². The standard InChI is InChI=1S/C19H19FN4O2/c20-14-5-1-12(2-6-14)11-25-15-7-3-13(4-8-15)16-9-17(16)22-10-18-23-24-19(21)26-18/h1-8,16-17,22H,9-11H2,(H2,21,24). The molecular weight excluding hydrogens is 335 g/mol. The maximum Gasteiger partial charge on any atom is 0.312 e. The number of nitrogens with zero attached hydrogens (tertiary/aromatic N) is 2. The molecule has 0 spiro atoms. The average Bonchev–Trinajstić information content (AvgIpc) is 3.32. The summed E-state index contributed by atoms with van der Waals surface area (Å²) in [7, 11) is 0. The number of nitrogen functional groups attached to an aromatic ring is 1. The topological polar surface area (TPSA) is 86.2 Å². The van der Waals surface area contributed by atoms with Gasteiger partial charge in [0, 0.05) is 12.0 Å². The van der Waals surface area contributed by atoms with E-state index >= 15 is 0 Å². The van der Waals surface area contributed by atoms with Gasteiger partial charge in [-0.15, -0.1) is 5.10 Å². The highest BCUT2D eigenvalue weighted by molar-refractivity contribution is 5.34. The van der Waals surface area contributed by atoms with Crippen LogP contribution in [0.25, 0.3) is 0 Å². The molecule has 1 heterocycles. The first-order chi connectivity index (χ1) is 12.7. The predicted octanol–water partition coefficient (Wildman–Crippen LogP) is 3.02. The first-order valence-electron chi connectivity index (χ1n) is 8.46. The molecule has 1 saturated carbocycles. The fraction of sp³-hybridized carbons (Fsp3) is 0.263. The number of anilines is 1. The quantitative estimate of drug-likeness (QED) is 0.678. The van der Waals surface area contributed by atoms with Crippen LogP contribution in [0.4, 0.5) is 10.4 Å². The molecule has 3 N–H and O–H groups in total. The van der Waals surface area contributed by atoms with E-state index in [1.807, 2.05) is 12.1 Å². The number of rotatable bonds is 7. The summed E-state index contributed by atoms with van der Waals surface area (Å²) in [6.07, 6.45) is 1.07. The molecule has 1 aromatic heterocycles. The summed E-state index contributed by atoms with van der Waals surface area (Å²) in [5, 5.41) is 10.9. The van der Waals surface area contributed by atoms with Crippen LogP contribution >= 0.6 is 0 Å². The SMILES string of the molecule is Nc1nnc(CNC2CC2c2ccc(OCc3ccc(F)cc3)cc2)o1. The number of nitrogens with two attached hydrogens (primary N) is 1. The Morgan fingerprint density at radius 1 is 1.12 bits per heavy atom. The Morgan fingerprint density at radius 3 is 2.58 bits per heavy atom. The first-order valence-corrected chi connectivity index (χ1v) is 8.46. The summed E-state index contributed by atoms with van der Waals surface area (Å²) in [5.41, 5.74) is 7.60. The van der Waals surface area contributed by atoms with Gasteiger partial charge in [-0.3, -0.25) is 0 Å². The van der Waals surface area contributed by atoms with Gasteiger partial charge in [-0.1, -0.05) is 29.4 Å². The lowest BCUT2D eigenvalue weighted by atomic mass is 10.1. The predicted molar refractivity (Wildman–Crippen MR) is 93.9 cm³/mol. The van der Waals surface area contributed by atoms with Gasteiger partial charge in [0.15, 0.2) is 0 Å². The van der Waals surface area contributed by atoms with Crippen molar-refractivity contribution in [1.82, 2.24) is 15.5 Å². The van der Waals surface area contributed by atoms with Gasteiger partial charge in [0.25, 0.3) is 0 Å². The Hall–Kier alpha value is -2.93. The first kappa shape index (κ1) is 16.5. The van der Waals surface area contributed by atoms with E-state index in [0.29, 0.717) is 31.0 Å². The van der Waals surface area contributed by atoms with Crippen LogP contribution in [-0.2, 0) is 13.2 Å². The minimum atomic E-state index is -0.242. The molecule has 0 amide bonds. The van der Waals surface area contributed by atoms with Crippen LogP contribution in [0.5, 0.6) is 5.75 Å². The molecule has 2 unspecified atom stereocenters. The van der Waals surface area contributed by atoms with Crippen molar-refractivity contribution in [3.63, 3.8) is 0 Å². The van der Waals surface area contributed by atoms with Crippen molar-refractivity contribution < 1.29 is 13.5 Å². The van der Waals surface area contributed by atoms with Crippen LogP contribution in [0, 0.1) is 5.82 Å². The van der Waals surface area contributed by atoms with Gasteiger partial charge in [-0.25, -0.2) is 4.39 Å². The molecule has 3 aromatic rings. The molecule has 1 fully saturated rings. The lowest BCUT2D eigenvalue weighted by Gasteiger charge is -2.08. The lowest BCUT2D eigenvalue weighted by molar-refractivity contribution is 0.306. The number of aromatic nitrogens is 2. The number of hydrogen-bond donors (Lipinski definition) is 2. The zero-order valence-corrected chi connectivity index (χ0v) is 14.1. The zero-order chi connectivity index (χ0) is 17.9. The minimum Gasteiger partial charge on any atom is -0.489 e. The second-order valence-electron chi connectivity index (χ2n) is 6.35. The van der Waals surface area contributed by atoms with E-state index in [0.717, 1.165) is 17.7 Å². The van der Waals surface area contributed by atoms with Gasteiger partial charge < -0.3 is 20.2 Å². The van der Waals surface area contributed by atoms with Crippen molar-refractivity contribution in [3.05, 3.63) is 71.4 Å². The van der Waals surface area contributed by atoms with Crippen molar-refractivity contribution in [3.8, 4) is 5.75 Å². The highest BCUT2D eigenvalue weighted by Crippen LogP contribution is 2.41. The van der Waals surface area contributed by atoms with E-state index in [9.17, 15) is 4.39 Å². The minimum absolute atomic E-state index is 0.0883. The summed E-state index contributed by atoms with van der Waals surface area (Å²) in [6.45, 7) is 0.935. The molecule has 7 heteroatoms. The van der Waals surface area contributed by atoms with Crippen LogP contribution in [-0.4, -0.2) is 16.2 Å². The number of hydrogen-bond acceptors (Lipinski definition) is 6. The number of ether oxygens (including phenoxy) is 1. The van der Waals surface area contributed by atoms with Crippen LogP contribution in [0.3, 0.4) is 0 Å². The van der Waals surface area contributed by atoms with Crippen LogP contribution in [0.2, 0.25) is 0 Å². The van der Waals surface area contributed by atoms with E-state index in [1.165, 1.54) is 17.7 Å². The lowest BCUT2D eigenvalue weighted by Crippen LogP contribution is -2.17. The van der Waals surface area contributed by atoms with Crippen molar-refractivity contribution in [2.45, 2.75) is 31.5 Å². The molecule has 0 aliphatic heterocycles. The molecular formula is C19H19FN4O2. The van der Waals surface area contributed by atoms with Gasteiger partial charge in [-0.2, -0.15) is 0 Å². The van der Waals surface area contributed by atoms with Crippen LogP contribution in [0.1, 0.15) is 29.4 Å². The molecule has 26 heavy (non-hydrogen) atoms. The van der Waals surface area contributed by atoms with E-state index in [-0.39, 0.29) is 11.8 Å². The third-order valence-corrected chi connectivity index (χ3v) is 4.42. The van der Waals surface area contributed by atoms with E-state index < -0.39 is 0 Å². The Morgan fingerprint density at radius 2 is 1.88 bits per heavy atom. The summed E-state index contributed by atoms with van der Waals surface area (Å²) in [4.78, 5) is 0. The van der Waals surface area contributed by atoms with Crippen LogP contribution < -0.4 is 15.8 Å². The molecule has 1 aliphatic rings. The van der Waals surface area contributed by atoms with Gasteiger partial charge in [-0.05, 0) is 41.8 Å². The third kappa shape index (κ3) is 4.00. The molecule has 0 radical (unpaired) electrons. The third-order valence-electron chi connectivity index (χ3n) is 4.42. The monoisotopic (exact) mass is 354 g/mol. The van der Waals surface area contributed by atoms with Crippen molar-refractivity contribution in [2.75, 3.05) is 5.73 Å². The summed E-state index contributed by atoms with van der Waals surface area (Å²) < 4.78 is 23.8. The Labute approximate surface area is 150 Å². The normalized spacial score (nSPS) is 18.7. The fourth-order valence-corrected chi connectivity index (χ4v) is 2.90. The van der Waals surface area contributed by atoms with Gasteiger partial charge in [0.2, 0.25) is 5.89 Å². The van der Waals surface area contributed by atoms with Gasteiger partial charge >= 0.3 is 6.01 Å². The molecule has 1 aliphatic carbocycles. The summed E-state index contributed by atoms with van der Waals surface area (Å²) >= 11 is 0. The number of benzene rings is 2. The average molecular weight is 354 g/mol. The highest BCUT2D eigenvalue weighted by Gasteiger charge is 2.38. The Kier molecular flexibility index (Phi) is 4.53. The van der Waals surface area contributed by atoms with E-state index in [4.69, 9.17) is 14.9 Å². The fourth-order valence-electron chi connectivity index (χ4n) is 2.90. The largest absolute Gasteiger partial charge is 0.489 e. The number of nitrogens with one attached hydrogen (secondary N) is 1. The van der Waals surface area contributed by atoms with E-state index in [1.54, 1.807) is 12.1 Å². The molecule has 2 atom stereocenters. The molecule has 4 rings (SSSR count). The maximum atomic E-state index is 12.9. The second kappa shape index (κ2) is 7.13. The van der Waals surface area contributed by atoms with Crippen molar-refractivity contribution >= 4 is 6.01 Å². The zero-order valence-electron chi connectivity index (χ0n) is 14.1. The molecule has 134 valence electrons. The smallest absolute Gasteiger partial charge is 0.312 e. The van der Waals surface area contributed by atoms with E-state index in [2.05, 4.69) is 27.6 Å². The highest BCUT2D eigenvalue weighted by atomic mass is 19.1. The Bertz CT molecular complexity index is 864. The van der Waals surface area contributed by atoms with Crippen LogP contribution in [0.15, 0.2) is 52.9 Å². The van der Waals surface area contributed by atoms with Crippen molar-refractivity contribution in [1.29, 1.82) is 0 Å². The number of halogens is 1. The second-order valence-corrected chi connectivity index (χ2v) is 6.35.